The maximum Gasteiger partial charge on any atom is 0.157 e. The van der Waals surface area contributed by atoms with Gasteiger partial charge >= 0.3 is 0 Å². The van der Waals surface area contributed by atoms with Crippen molar-refractivity contribution in [3.63, 3.8) is 0 Å². The number of methoxy groups -OCH3 is 1. The number of hydrogen-bond donors (Lipinski definition) is 2. The van der Waals surface area contributed by atoms with E-state index < -0.39 is 0 Å². The van der Waals surface area contributed by atoms with Crippen LogP contribution < -0.4 is 10.6 Å². The third-order valence-corrected chi connectivity index (χ3v) is 5.71. The first-order chi connectivity index (χ1) is 13.6. The predicted molar refractivity (Wildman–Crippen MR) is 120 cm³/mol. The highest BCUT2D eigenvalue weighted by molar-refractivity contribution is 8.14. The lowest BCUT2D eigenvalue weighted by atomic mass is 9.99. The van der Waals surface area contributed by atoms with Crippen LogP contribution in [0.4, 0.5) is 0 Å². The normalized spacial score (nSPS) is 25.2. The minimum absolute atomic E-state index is 0.00201. The zero-order chi connectivity index (χ0) is 20.2. The third-order valence-electron chi connectivity index (χ3n) is 4.77. The summed E-state index contributed by atoms with van der Waals surface area (Å²) in [4.78, 5) is 9.55. The lowest BCUT2D eigenvalue weighted by Gasteiger charge is -2.17. The number of nitrogens with zero attached hydrogens (tertiary/aromatic N) is 2. The molecular formula is C21H36N4O2S. The van der Waals surface area contributed by atoms with Crippen LogP contribution in [0.5, 0.6) is 0 Å². The van der Waals surface area contributed by atoms with E-state index in [1.165, 1.54) is 25.7 Å². The summed E-state index contributed by atoms with van der Waals surface area (Å²) in [5.41, 5.74) is 1.16. The van der Waals surface area contributed by atoms with Gasteiger partial charge in [-0.3, -0.25) is 15.3 Å². The van der Waals surface area contributed by atoms with E-state index in [0.717, 1.165) is 16.6 Å². The predicted octanol–water partition coefficient (Wildman–Crippen LogP) is 3.71. The number of ether oxygens (including phenoxy) is 2. The van der Waals surface area contributed by atoms with Gasteiger partial charge in [0.2, 0.25) is 0 Å². The van der Waals surface area contributed by atoms with Crippen LogP contribution in [-0.4, -0.2) is 55.4 Å². The quantitative estimate of drug-likeness (QED) is 0.250. The first-order valence-electron chi connectivity index (χ1n) is 10.3. The highest BCUT2D eigenvalue weighted by Crippen LogP contribution is 2.22. The number of rotatable bonds is 10. The molecule has 2 rings (SSSR count). The van der Waals surface area contributed by atoms with E-state index >= 15 is 0 Å². The molecule has 1 aliphatic heterocycles. The topological polar surface area (TPSA) is 67.2 Å². The van der Waals surface area contributed by atoms with E-state index in [1.807, 2.05) is 19.2 Å². The maximum atomic E-state index is 5.61. The SMILES string of the molecule is COCNCOC(C)/C=C\N=C(CSC1=NC2/C=C\CCCCC2N1)C(C)C. The molecule has 6 nitrogen and oxygen atoms in total. The number of allylic oxidation sites excluding steroid dienone is 1. The van der Waals surface area contributed by atoms with Crippen molar-refractivity contribution in [3.05, 3.63) is 24.4 Å². The number of amidine groups is 1. The van der Waals surface area contributed by atoms with Crippen molar-refractivity contribution in [1.82, 2.24) is 10.6 Å². The van der Waals surface area contributed by atoms with E-state index in [4.69, 9.17) is 14.5 Å². The molecule has 0 radical (unpaired) electrons. The maximum absolute atomic E-state index is 5.61. The van der Waals surface area contributed by atoms with Gasteiger partial charge in [-0.1, -0.05) is 44.2 Å². The summed E-state index contributed by atoms with van der Waals surface area (Å²) in [5, 5.41) is 7.69. The molecule has 0 saturated carbocycles. The van der Waals surface area contributed by atoms with Crippen molar-refractivity contribution in [2.75, 3.05) is 26.3 Å². The van der Waals surface area contributed by atoms with Gasteiger partial charge in [0.15, 0.2) is 5.17 Å². The van der Waals surface area contributed by atoms with Crippen LogP contribution in [0.3, 0.4) is 0 Å². The Balaban J connectivity index is 1.81. The molecule has 0 saturated heterocycles. The van der Waals surface area contributed by atoms with Gasteiger partial charge in [0, 0.05) is 24.8 Å². The molecule has 0 bridgehead atoms. The van der Waals surface area contributed by atoms with Gasteiger partial charge in [-0.15, -0.1) is 0 Å². The molecule has 28 heavy (non-hydrogen) atoms. The monoisotopic (exact) mass is 408 g/mol. The fraction of sp³-hybridized carbons (Fsp3) is 0.714. The van der Waals surface area contributed by atoms with Crippen LogP contribution in [0.15, 0.2) is 34.4 Å². The molecule has 0 amide bonds. The summed E-state index contributed by atoms with van der Waals surface area (Å²) < 4.78 is 10.5. The van der Waals surface area contributed by atoms with Crippen LogP contribution in [0.2, 0.25) is 0 Å². The second kappa shape index (κ2) is 13.1. The Morgan fingerprint density at radius 1 is 1.39 bits per heavy atom. The van der Waals surface area contributed by atoms with E-state index in [2.05, 4.69) is 41.6 Å². The van der Waals surface area contributed by atoms with Gasteiger partial charge in [-0.05, 0) is 38.2 Å². The summed E-state index contributed by atoms with van der Waals surface area (Å²) in [6.07, 6.45) is 13.3. The third kappa shape index (κ3) is 8.47. The minimum atomic E-state index is -0.00201. The zero-order valence-corrected chi connectivity index (χ0v) is 18.5. The Labute approximate surface area is 174 Å². The van der Waals surface area contributed by atoms with Crippen molar-refractivity contribution in [1.29, 1.82) is 0 Å². The molecule has 0 aromatic rings. The highest BCUT2D eigenvalue weighted by atomic mass is 32.2. The molecule has 3 unspecified atom stereocenters. The number of fused-ring (bicyclic) bond motifs is 1. The number of nitrogens with one attached hydrogen (secondary N) is 2. The van der Waals surface area contributed by atoms with Gasteiger partial charge in [0.1, 0.15) is 0 Å². The van der Waals surface area contributed by atoms with E-state index in [9.17, 15) is 0 Å². The summed E-state index contributed by atoms with van der Waals surface area (Å²) in [6.45, 7) is 7.31. The Kier molecular flexibility index (Phi) is 10.9. The molecule has 1 aliphatic carbocycles. The number of hydrogen-bond acceptors (Lipinski definition) is 7. The van der Waals surface area contributed by atoms with Gasteiger partial charge in [0.25, 0.3) is 0 Å². The molecule has 2 N–H and O–H groups in total. The van der Waals surface area contributed by atoms with Crippen LogP contribution in [0.25, 0.3) is 0 Å². The molecule has 0 aromatic carbocycles. The first-order valence-corrected chi connectivity index (χ1v) is 11.3. The standard InChI is InChI=1S/C21H36N4O2S/c1-16(2)20(23-12-11-17(3)27-15-22-14-26-4)13-28-21-24-18-9-7-5-6-8-10-19(18)25-21/h7,9,11-12,16-19,22H,5-6,8,10,13-15H2,1-4H3,(H,24,25)/b9-7-,12-11-,23-20?. The molecule has 0 aromatic heterocycles. The fourth-order valence-electron chi connectivity index (χ4n) is 3.01. The van der Waals surface area contributed by atoms with Gasteiger partial charge in [-0.2, -0.15) is 0 Å². The minimum Gasteiger partial charge on any atom is -0.369 e. The van der Waals surface area contributed by atoms with Gasteiger partial charge in [-0.25, -0.2) is 0 Å². The van der Waals surface area contributed by atoms with Gasteiger partial charge < -0.3 is 14.8 Å². The molecule has 2 aliphatic rings. The summed E-state index contributed by atoms with van der Waals surface area (Å²) in [6, 6.07) is 0.759. The molecule has 3 atom stereocenters. The van der Waals surface area contributed by atoms with Crippen LogP contribution in [-0.2, 0) is 9.47 Å². The highest BCUT2D eigenvalue weighted by Gasteiger charge is 2.27. The summed E-state index contributed by atoms with van der Waals surface area (Å²) in [7, 11) is 1.65. The lowest BCUT2D eigenvalue weighted by molar-refractivity contribution is 0.0548. The molecular weight excluding hydrogens is 372 g/mol. The number of thioether (sulfide) groups is 1. The summed E-state index contributed by atoms with van der Waals surface area (Å²) in [5.74, 6) is 1.24. The molecule has 158 valence electrons. The second-order valence-electron chi connectivity index (χ2n) is 7.49. The van der Waals surface area contributed by atoms with Crippen molar-refractivity contribution in [3.8, 4) is 0 Å². The average Bonchev–Trinajstić information content (AvgIpc) is 3.02. The van der Waals surface area contributed by atoms with Crippen molar-refractivity contribution < 1.29 is 9.47 Å². The Morgan fingerprint density at radius 2 is 2.25 bits per heavy atom. The van der Waals surface area contributed by atoms with E-state index in [1.54, 1.807) is 18.9 Å². The first kappa shape index (κ1) is 23.1. The second-order valence-corrected chi connectivity index (χ2v) is 8.46. The molecule has 7 heteroatoms. The number of aliphatic imine (C=N–C) groups is 2. The summed E-state index contributed by atoms with van der Waals surface area (Å²) >= 11 is 1.76. The van der Waals surface area contributed by atoms with Gasteiger partial charge in [0.05, 0.1) is 31.6 Å². The van der Waals surface area contributed by atoms with Crippen molar-refractivity contribution in [2.24, 2.45) is 15.9 Å². The molecule has 1 heterocycles. The Bertz CT molecular complexity index is 575. The van der Waals surface area contributed by atoms with Crippen LogP contribution in [0.1, 0.15) is 46.5 Å². The Morgan fingerprint density at radius 3 is 3.04 bits per heavy atom. The van der Waals surface area contributed by atoms with Crippen LogP contribution >= 0.6 is 11.8 Å². The Hall–Kier alpha value is -1.15. The smallest absolute Gasteiger partial charge is 0.157 e. The van der Waals surface area contributed by atoms with Crippen molar-refractivity contribution >= 4 is 22.6 Å². The average molecular weight is 409 g/mol. The van der Waals surface area contributed by atoms with Crippen molar-refractivity contribution in [2.45, 2.75) is 64.6 Å². The van der Waals surface area contributed by atoms with E-state index in [0.29, 0.717) is 31.5 Å². The largest absolute Gasteiger partial charge is 0.369 e. The zero-order valence-electron chi connectivity index (χ0n) is 17.7. The molecule has 0 spiro atoms. The lowest BCUT2D eigenvalue weighted by Crippen LogP contribution is -2.33. The van der Waals surface area contributed by atoms with E-state index in [-0.39, 0.29) is 6.10 Å². The molecule has 0 fully saturated rings. The fourth-order valence-corrected chi connectivity index (χ4v) is 4.14. The van der Waals surface area contributed by atoms with Crippen LogP contribution in [0, 0.1) is 5.92 Å².